The van der Waals surface area contributed by atoms with Crippen LogP contribution in [0.2, 0.25) is 0 Å². The fourth-order valence-corrected chi connectivity index (χ4v) is 4.49. The molecule has 0 radical (unpaired) electrons. The van der Waals surface area contributed by atoms with Gasteiger partial charge in [-0.15, -0.1) is 0 Å². The molecule has 2 aliphatic heterocycles. The van der Waals surface area contributed by atoms with Crippen molar-refractivity contribution in [3.05, 3.63) is 30.3 Å². The zero-order valence-electron chi connectivity index (χ0n) is 17.6. The van der Waals surface area contributed by atoms with Crippen LogP contribution in [0.4, 0.5) is 17.4 Å². The molecule has 2 fully saturated rings. The fourth-order valence-electron chi connectivity index (χ4n) is 4.49. The molecule has 2 aromatic heterocycles. The first kappa shape index (κ1) is 19.0. The molecule has 1 atom stereocenters. The van der Waals surface area contributed by atoms with E-state index in [4.69, 9.17) is 4.42 Å². The van der Waals surface area contributed by atoms with Crippen LogP contribution in [0.15, 0.2) is 29.0 Å². The van der Waals surface area contributed by atoms with Gasteiger partial charge in [0, 0.05) is 44.8 Å². The van der Waals surface area contributed by atoms with Crippen molar-refractivity contribution in [1.82, 2.24) is 14.8 Å². The molecule has 4 heterocycles. The Morgan fingerprint density at radius 1 is 1.17 bits per heavy atom. The van der Waals surface area contributed by atoms with E-state index in [-0.39, 0.29) is 5.91 Å². The number of piperidine rings is 1. The molecule has 3 aromatic rings. The van der Waals surface area contributed by atoms with Crippen molar-refractivity contribution in [3.63, 3.8) is 0 Å². The first-order valence-corrected chi connectivity index (χ1v) is 10.8. The van der Waals surface area contributed by atoms with Crippen molar-refractivity contribution >= 4 is 34.2 Å². The summed E-state index contributed by atoms with van der Waals surface area (Å²) in [6.45, 7) is 6.02. The maximum absolute atomic E-state index is 13.0. The third kappa shape index (κ3) is 3.62. The third-order valence-electron chi connectivity index (χ3n) is 6.10. The first-order valence-electron chi connectivity index (χ1n) is 10.8. The molecule has 1 N–H and O–H groups in total. The molecule has 2 aliphatic rings. The first-order chi connectivity index (χ1) is 14.6. The van der Waals surface area contributed by atoms with Crippen molar-refractivity contribution in [2.45, 2.75) is 32.6 Å². The number of amides is 1. The van der Waals surface area contributed by atoms with Gasteiger partial charge >= 0.3 is 0 Å². The second-order valence-electron chi connectivity index (χ2n) is 8.59. The minimum atomic E-state index is -0.251. The van der Waals surface area contributed by atoms with Crippen LogP contribution in [-0.2, 0) is 7.05 Å². The standard InChI is InChI=1S/C22H28N6O2/c1-15-6-9-28(12-15)22-24-19(14-30-22)21(29)23-18-10-16-13-26(2)25-17(16)11-20(18)27-7-4-3-5-8-27/h10-11,13-15H,3-9,12H2,1-2H3,(H,23,29)/t15-/m0/s1. The molecule has 0 bridgehead atoms. The quantitative estimate of drug-likeness (QED) is 0.710. The van der Waals surface area contributed by atoms with E-state index in [1.54, 1.807) is 4.68 Å². The van der Waals surface area contributed by atoms with E-state index in [9.17, 15) is 4.79 Å². The van der Waals surface area contributed by atoms with Crippen LogP contribution in [-0.4, -0.2) is 46.9 Å². The molecule has 1 amide bonds. The maximum atomic E-state index is 13.0. The minimum Gasteiger partial charge on any atom is -0.431 e. The summed E-state index contributed by atoms with van der Waals surface area (Å²) in [5.41, 5.74) is 3.05. The van der Waals surface area contributed by atoms with Crippen LogP contribution >= 0.6 is 0 Å². The number of fused-ring (bicyclic) bond motifs is 1. The van der Waals surface area contributed by atoms with Crippen LogP contribution in [0, 0.1) is 5.92 Å². The lowest BCUT2D eigenvalue weighted by Gasteiger charge is -2.30. The van der Waals surface area contributed by atoms with Crippen molar-refractivity contribution in [1.29, 1.82) is 0 Å². The van der Waals surface area contributed by atoms with Crippen molar-refractivity contribution in [2.75, 3.05) is 41.3 Å². The minimum absolute atomic E-state index is 0.251. The summed E-state index contributed by atoms with van der Waals surface area (Å²) in [5.74, 6) is 0.367. The molecule has 0 spiro atoms. The number of nitrogens with one attached hydrogen (secondary N) is 1. The highest BCUT2D eigenvalue weighted by molar-refractivity contribution is 6.06. The molecule has 2 saturated heterocycles. The number of benzene rings is 1. The average molecular weight is 409 g/mol. The zero-order chi connectivity index (χ0) is 20.7. The van der Waals surface area contributed by atoms with Gasteiger partial charge in [-0.1, -0.05) is 6.92 Å². The Bertz CT molecular complexity index is 1060. The summed E-state index contributed by atoms with van der Waals surface area (Å²) < 4.78 is 7.41. The summed E-state index contributed by atoms with van der Waals surface area (Å²) in [5, 5.41) is 8.63. The topological polar surface area (TPSA) is 79.4 Å². The highest BCUT2D eigenvalue weighted by Gasteiger charge is 2.25. The van der Waals surface area contributed by atoms with E-state index in [1.807, 2.05) is 19.3 Å². The number of anilines is 3. The molecule has 158 valence electrons. The van der Waals surface area contributed by atoms with Gasteiger partial charge in [0.25, 0.3) is 11.9 Å². The molecular formula is C22H28N6O2. The largest absolute Gasteiger partial charge is 0.431 e. The second-order valence-corrected chi connectivity index (χ2v) is 8.59. The van der Waals surface area contributed by atoms with E-state index in [2.05, 4.69) is 38.2 Å². The molecule has 0 unspecified atom stereocenters. The molecule has 0 aliphatic carbocycles. The van der Waals surface area contributed by atoms with Gasteiger partial charge in [0.15, 0.2) is 5.69 Å². The Morgan fingerprint density at radius 2 is 2.00 bits per heavy atom. The average Bonchev–Trinajstić information content (AvgIpc) is 3.46. The maximum Gasteiger partial charge on any atom is 0.297 e. The fraction of sp³-hybridized carbons (Fsp3) is 0.500. The predicted molar refractivity (Wildman–Crippen MR) is 117 cm³/mol. The van der Waals surface area contributed by atoms with Gasteiger partial charge in [-0.25, -0.2) is 0 Å². The van der Waals surface area contributed by atoms with Gasteiger partial charge in [-0.3, -0.25) is 9.48 Å². The SMILES string of the molecule is C[C@H]1CCN(c2nc(C(=O)Nc3cc4cn(C)nc4cc3N3CCCCC3)co2)C1. The van der Waals surface area contributed by atoms with Crippen molar-refractivity contribution < 1.29 is 9.21 Å². The molecule has 5 rings (SSSR count). The van der Waals surface area contributed by atoms with Gasteiger partial charge < -0.3 is 19.5 Å². The Balaban J connectivity index is 1.42. The van der Waals surface area contributed by atoms with Gasteiger partial charge in [0.05, 0.1) is 16.9 Å². The van der Waals surface area contributed by atoms with Gasteiger partial charge in [0.2, 0.25) is 0 Å². The molecular weight excluding hydrogens is 380 g/mol. The lowest BCUT2D eigenvalue weighted by molar-refractivity contribution is 0.102. The van der Waals surface area contributed by atoms with Crippen molar-refractivity contribution in [2.24, 2.45) is 13.0 Å². The number of oxazole rings is 1. The van der Waals surface area contributed by atoms with Crippen LogP contribution < -0.4 is 15.1 Å². The van der Waals surface area contributed by atoms with E-state index in [0.717, 1.165) is 67.7 Å². The summed E-state index contributed by atoms with van der Waals surface area (Å²) in [4.78, 5) is 21.9. The van der Waals surface area contributed by atoms with E-state index in [0.29, 0.717) is 17.6 Å². The number of aromatic nitrogens is 3. The summed E-state index contributed by atoms with van der Waals surface area (Å²) in [6.07, 6.45) is 8.11. The van der Waals surface area contributed by atoms with Crippen LogP contribution in [0.25, 0.3) is 10.9 Å². The van der Waals surface area contributed by atoms with Crippen molar-refractivity contribution in [3.8, 4) is 0 Å². The van der Waals surface area contributed by atoms with Crippen LogP contribution in [0.5, 0.6) is 0 Å². The number of rotatable bonds is 4. The van der Waals surface area contributed by atoms with Crippen LogP contribution in [0.3, 0.4) is 0 Å². The summed E-state index contributed by atoms with van der Waals surface area (Å²) in [6, 6.07) is 4.62. The van der Waals surface area contributed by atoms with E-state index < -0.39 is 0 Å². The van der Waals surface area contributed by atoms with Gasteiger partial charge in [-0.2, -0.15) is 10.1 Å². The monoisotopic (exact) mass is 408 g/mol. The lowest BCUT2D eigenvalue weighted by Crippen LogP contribution is -2.30. The lowest BCUT2D eigenvalue weighted by atomic mass is 10.1. The number of aryl methyl sites for hydroxylation is 1. The predicted octanol–water partition coefficient (Wildman–Crippen LogP) is 3.65. The smallest absolute Gasteiger partial charge is 0.297 e. The number of carbonyl (C=O) groups excluding carboxylic acids is 1. The molecule has 8 nitrogen and oxygen atoms in total. The Labute approximate surface area is 175 Å². The number of hydrogen-bond donors (Lipinski definition) is 1. The van der Waals surface area contributed by atoms with E-state index >= 15 is 0 Å². The molecule has 1 aromatic carbocycles. The van der Waals surface area contributed by atoms with Gasteiger partial charge in [0.1, 0.15) is 6.26 Å². The highest BCUT2D eigenvalue weighted by atomic mass is 16.4. The third-order valence-corrected chi connectivity index (χ3v) is 6.10. The van der Waals surface area contributed by atoms with Crippen LogP contribution in [0.1, 0.15) is 43.1 Å². The summed E-state index contributed by atoms with van der Waals surface area (Å²) >= 11 is 0. The highest BCUT2D eigenvalue weighted by Crippen LogP contribution is 2.33. The molecule has 30 heavy (non-hydrogen) atoms. The molecule has 0 saturated carbocycles. The van der Waals surface area contributed by atoms with Gasteiger partial charge in [-0.05, 0) is 43.7 Å². The Hall–Kier alpha value is -3.03. The van der Waals surface area contributed by atoms with E-state index in [1.165, 1.54) is 12.7 Å². The Morgan fingerprint density at radius 3 is 2.77 bits per heavy atom. The molecule has 8 heteroatoms. The normalized spacial score (nSPS) is 19.6. The number of carbonyl (C=O) groups is 1. The number of nitrogens with zero attached hydrogens (tertiary/aromatic N) is 5. The second kappa shape index (κ2) is 7.66. The Kier molecular flexibility index (Phi) is 4.84. The summed E-state index contributed by atoms with van der Waals surface area (Å²) in [7, 11) is 1.91. The zero-order valence-corrected chi connectivity index (χ0v) is 17.6. The number of hydrogen-bond acceptors (Lipinski definition) is 6.